The topological polar surface area (TPSA) is 52.6 Å². The third-order valence-corrected chi connectivity index (χ3v) is 5.04. The van der Waals surface area contributed by atoms with Crippen molar-refractivity contribution in [1.29, 1.82) is 0 Å². The van der Waals surface area contributed by atoms with E-state index in [0.29, 0.717) is 12.2 Å². The number of benzene rings is 1. The zero-order chi connectivity index (χ0) is 19.0. The first kappa shape index (κ1) is 19.8. The summed E-state index contributed by atoms with van der Waals surface area (Å²) in [5.74, 6) is 0.561. The number of hydrogen-bond donors (Lipinski definition) is 2. The standard InChI is InChI=1S/C21H34N2O2/c1-14-15(13-17(24)23-10-8-22-9-11-23)12-16(20(2,3)4)19(25)18(14)21(5,6)7/h12,22,25H,8-11,13H2,1-7H3. The van der Waals surface area contributed by atoms with Gasteiger partial charge >= 0.3 is 0 Å². The van der Waals surface area contributed by atoms with Gasteiger partial charge in [0.25, 0.3) is 0 Å². The van der Waals surface area contributed by atoms with Crippen LogP contribution in [0.5, 0.6) is 5.75 Å². The van der Waals surface area contributed by atoms with Crippen LogP contribution < -0.4 is 5.32 Å². The molecule has 1 saturated heterocycles. The molecule has 4 nitrogen and oxygen atoms in total. The van der Waals surface area contributed by atoms with Crippen molar-refractivity contribution in [3.63, 3.8) is 0 Å². The van der Waals surface area contributed by atoms with Crippen LogP contribution in [0.4, 0.5) is 0 Å². The molecule has 2 N–H and O–H groups in total. The molecule has 0 spiro atoms. The lowest BCUT2D eigenvalue weighted by Crippen LogP contribution is -2.47. The molecule has 0 saturated carbocycles. The number of phenolic OH excluding ortho intramolecular Hbond substituents is 1. The molecule has 2 rings (SSSR count). The first-order valence-electron chi connectivity index (χ1n) is 9.28. The highest BCUT2D eigenvalue weighted by Crippen LogP contribution is 2.42. The van der Waals surface area contributed by atoms with Gasteiger partial charge in [0.05, 0.1) is 6.42 Å². The van der Waals surface area contributed by atoms with Gasteiger partial charge in [-0.3, -0.25) is 4.79 Å². The molecule has 25 heavy (non-hydrogen) atoms. The van der Waals surface area contributed by atoms with Gasteiger partial charge in [0.15, 0.2) is 0 Å². The van der Waals surface area contributed by atoms with Crippen LogP contribution in [-0.4, -0.2) is 42.1 Å². The van der Waals surface area contributed by atoms with Crippen molar-refractivity contribution < 1.29 is 9.90 Å². The van der Waals surface area contributed by atoms with Gasteiger partial charge in [-0.2, -0.15) is 0 Å². The summed E-state index contributed by atoms with van der Waals surface area (Å²) in [7, 11) is 0. The summed E-state index contributed by atoms with van der Waals surface area (Å²) < 4.78 is 0. The second-order valence-electron chi connectivity index (χ2n) is 9.24. The summed E-state index contributed by atoms with van der Waals surface area (Å²) in [5.41, 5.74) is 3.61. The van der Waals surface area contributed by atoms with Crippen LogP contribution in [0, 0.1) is 6.92 Å². The summed E-state index contributed by atoms with van der Waals surface area (Å²) >= 11 is 0. The second-order valence-corrected chi connectivity index (χ2v) is 9.24. The molecule has 0 bridgehead atoms. The van der Waals surface area contributed by atoms with Gasteiger partial charge in [-0.05, 0) is 34.4 Å². The fourth-order valence-electron chi connectivity index (χ4n) is 3.69. The van der Waals surface area contributed by atoms with Crippen molar-refractivity contribution in [2.45, 2.75) is 65.7 Å². The number of piperazine rings is 1. The average molecular weight is 347 g/mol. The minimum absolute atomic E-state index is 0.176. The Kier molecular flexibility index (Phi) is 5.53. The highest BCUT2D eigenvalue weighted by molar-refractivity contribution is 5.80. The van der Waals surface area contributed by atoms with E-state index in [9.17, 15) is 9.90 Å². The van der Waals surface area contributed by atoms with Crippen molar-refractivity contribution in [2.24, 2.45) is 0 Å². The summed E-state index contributed by atoms with van der Waals surface area (Å²) in [5, 5.41) is 14.2. The predicted molar refractivity (Wildman–Crippen MR) is 103 cm³/mol. The molecule has 140 valence electrons. The quantitative estimate of drug-likeness (QED) is 0.864. The Balaban J connectivity index is 2.48. The van der Waals surface area contributed by atoms with Crippen molar-refractivity contribution in [3.8, 4) is 5.75 Å². The number of phenols is 1. The Labute approximate surface area is 152 Å². The molecule has 0 radical (unpaired) electrons. The highest BCUT2D eigenvalue weighted by atomic mass is 16.3. The number of hydrogen-bond acceptors (Lipinski definition) is 3. The molecule has 1 aliphatic rings. The molecule has 1 amide bonds. The van der Waals surface area contributed by atoms with Crippen LogP contribution in [0.25, 0.3) is 0 Å². The smallest absolute Gasteiger partial charge is 0.227 e. The Morgan fingerprint density at radius 1 is 1.12 bits per heavy atom. The van der Waals surface area contributed by atoms with Crippen LogP contribution in [0.15, 0.2) is 6.07 Å². The maximum atomic E-state index is 12.8. The molecule has 0 unspecified atom stereocenters. The molecular formula is C21H34N2O2. The van der Waals surface area contributed by atoms with E-state index in [1.54, 1.807) is 0 Å². The first-order valence-corrected chi connectivity index (χ1v) is 9.28. The molecule has 1 fully saturated rings. The second kappa shape index (κ2) is 6.99. The van der Waals surface area contributed by atoms with Gasteiger partial charge in [0, 0.05) is 31.7 Å². The first-order chi connectivity index (χ1) is 11.4. The predicted octanol–water partition coefficient (Wildman–Crippen LogP) is 3.27. The lowest BCUT2D eigenvalue weighted by molar-refractivity contribution is -0.131. The van der Waals surface area contributed by atoms with E-state index in [2.05, 4.69) is 46.9 Å². The summed E-state index contributed by atoms with van der Waals surface area (Å²) in [4.78, 5) is 14.7. The van der Waals surface area contributed by atoms with Gasteiger partial charge in [-0.25, -0.2) is 0 Å². The molecule has 1 aromatic carbocycles. The molecule has 1 aromatic rings. The van der Waals surface area contributed by atoms with Gasteiger partial charge in [-0.15, -0.1) is 0 Å². The zero-order valence-corrected chi connectivity index (χ0v) is 16.9. The number of carbonyl (C=O) groups excluding carboxylic acids is 1. The van der Waals surface area contributed by atoms with E-state index in [1.165, 1.54) is 0 Å². The van der Waals surface area contributed by atoms with Crippen LogP contribution in [0.3, 0.4) is 0 Å². The molecule has 1 aliphatic heterocycles. The summed E-state index contributed by atoms with van der Waals surface area (Å²) in [6.07, 6.45) is 0.401. The largest absolute Gasteiger partial charge is 0.507 e. The normalized spacial score (nSPS) is 16.2. The van der Waals surface area contributed by atoms with E-state index >= 15 is 0 Å². The SMILES string of the molecule is Cc1c(CC(=O)N2CCNCC2)cc(C(C)(C)C)c(O)c1C(C)(C)C. The number of amides is 1. The number of carbonyl (C=O) groups is 1. The lowest BCUT2D eigenvalue weighted by atomic mass is 9.75. The van der Waals surface area contributed by atoms with E-state index in [1.807, 2.05) is 17.9 Å². The Bertz CT molecular complexity index is 645. The van der Waals surface area contributed by atoms with Gasteiger partial charge < -0.3 is 15.3 Å². The minimum Gasteiger partial charge on any atom is -0.507 e. The monoisotopic (exact) mass is 346 g/mol. The fraction of sp³-hybridized carbons (Fsp3) is 0.667. The molecule has 0 atom stereocenters. The van der Waals surface area contributed by atoms with Crippen LogP contribution in [0.2, 0.25) is 0 Å². The Morgan fingerprint density at radius 2 is 1.68 bits per heavy atom. The number of nitrogens with one attached hydrogen (secondary N) is 1. The van der Waals surface area contributed by atoms with Gasteiger partial charge in [0.1, 0.15) is 5.75 Å². The Hall–Kier alpha value is -1.55. The van der Waals surface area contributed by atoms with E-state index in [-0.39, 0.29) is 16.7 Å². The number of aromatic hydroxyl groups is 1. The van der Waals surface area contributed by atoms with E-state index in [0.717, 1.165) is 48.4 Å². The molecule has 4 heteroatoms. The fourth-order valence-corrected chi connectivity index (χ4v) is 3.69. The van der Waals surface area contributed by atoms with Crippen molar-refractivity contribution in [3.05, 3.63) is 28.3 Å². The highest BCUT2D eigenvalue weighted by Gasteiger charge is 2.30. The third-order valence-electron chi connectivity index (χ3n) is 5.04. The molecule has 1 heterocycles. The summed E-state index contributed by atoms with van der Waals surface area (Å²) in [6, 6.07) is 2.04. The Morgan fingerprint density at radius 3 is 2.16 bits per heavy atom. The minimum atomic E-state index is -0.178. The summed E-state index contributed by atoms with van der Waals surface area (Å²) in [6.45, 7) is 18.0. The molecule has 0 aliphatic carbocycles. The maximum Gasteiger partial charge on any atom is 0.227 e. The van der Waals surface area contributed by atoms with Gasteiger partial charge in [-0.1, -0.05) is 47.6 Å². The van der Waals surface area contributed by atoms with Gasteiger partial charge in [0.2, 0.25) is 5.91 Å². The van der Waals surface area contributed by atoms with Crippen molar-refractivity contribution in [2.75, 3.05) is 26.2 Å². The van der Waals surface area contributed by atoms with Crippen LogP contribution >= 0.6 is 0 Å². The van der Waals surface area contributed by atoms with E-state index in [4.69, 9.17) is 0 Å². The van der Waals surface area contributed by atoms with Crippen LogP contribution in [0.1, 0.15) is 63.8 Å². The zero-order valence-electron chi connectivity index (χ0n) is 16.9. The lowest BCUT2D eigenvalue weighted by Gasteiger charge is -2.31. The number of nitrogens with zero attached hydrogens (tertiary/aromatic N) is 1. The number of rotatable bonds is 2. The van der Waals surface area contributed by atoms with Crippen LogP contribution in [-0.2, 0) is 22.0 Å². The third kappa shape index (κ3) is 4.35. The van der Waals surface area contributed by atoms with E-state index < -0.39 is 0 Å². The maximum absolute atomic E-state index is 12.8. The molecular weight excluding hydrogens is 312 g/mol. The molecule has 0 aromatic heterocycles. The van der Waals surface area contributed by atoms with Crippen molar-refractivity contribution in [1.82, 2.24) is 10.2 Å². The van der Waals surface area contributed by atoms with Crippen molar-refractivity contribution >= 4 is 5.91 Å². The average Bonchev–Trinajstić information content (AvgIpc) is 2.48.